The fourth-order valence-electron chi connectivity index (χ4n) is 7.56. The summed E-state index contributed by atoms with van der Waals surface area (Å²) < 4.78 is 5.54. The highest BCUT2D eigenvalue weighted by molar-refractivity contribution is 8.00. The molecular weight excluding hydrogens is 713 g/mol. The monoisotopic (exact) mass is 778 g/mol. The number of thioether (sulfide) groups is 2. The summed E-state index contributed by atoms with van der Waals surface area (Å²) in [5.74, 6) is 3.99. The SMILES string of the molecule is NC1=N[C@H]2[C@H](CS[C@H]2CCCCC(=O)CCCCCCC(=O)NCCOCCNC(=O)CCCCCCC(=O)CCCC[C@@H]2SC[C@@H]3NC(N)=N[C@@H]32)N1. The molecule has 8 N–H and O–H groups in total. The third-order valence-electron chi connectivity index (χ3n) is 10.6. The number of unbranched alkanes of at least 4 members (excludes halogenated alkanes) is 8. The van der Waals surface area contributed by atoms with Gasteiger partial charge in [-0.25, -0.2) is 9.98 Å². The quantitative estimate of drug-likeness (QED) is 0.0581. The maximum Gasteiger partial charge on any atom is 0.220 e. The number of ketones is 2. The Labute approximate surface area is 325 Å². The van der Waals surface area contributed by atoms with Crippen LogP contribution in [0.2, 0.25) is 0 Å². The van der Waals surface area contributed by atoms with Crippen LogP contribution in [0.5, 0.6) is 0 Å². The van der Waals surface area contributed by atoms with Crippen LogP contribution in [0.4, 0.5) is 0 Å². The molecule has 0 spiro atoms. The number of Topliss-reactive ketones (excluding diaryl/α,β-unsaturated/α-hetero) is 2. The van der Waals surface area contributed by atoms with E-state index in [9.17, 15) is 19.2 Å². The van der Waals surface area contributed by atoms with Gasteiger partial charge in [0, 0.05) is 73.6 Å². The first-order valence-corrected chi connectivity index (χ1v) is 22.5. The summed E-state index contributed by atoms with van der Waals surface area (Å²) in [6.45, 7) is 1.72. The van der Waals surface area contributed by atoms with Crippen LogP contribution < -0.4 is 32.7 Å². The zero-order valence-electron chi connectivity index (χ0n) is 31.8. The second-order valence-electron chi connectivity index (χ2n) is 15.0. The van der Waals surface area contributed by atoms with E-state index in [-0.39, 0.29) is 11.8 Å². The molecule has 0 saturated carbocycles. The minimum atomic E-state index is 0.0204. The van der Waals surface area contributed by atoms with Gasteiger partial charge in [0.05, 0.1) is 37.4 Å². The number of nitrogens with zero attached hydrogens (tertiary/aromatic N) is 2. The number of rotatable bonds is 30. The highest BCUT2D eigenvalue weighted by Gasteiger charge is 2.41. The first-order chi connectivity index (χ1) is 25.8. The molecule has 0 radical (unpaired) electrons. The van der Waals surface area contributed by atoms with Crippen molar-refractivity contribution in [3.63, 3.8) is 0 Å². The van der Waals surface area contributed by atoms with Crippen molar-refractivity contribution in [3.05, 3.63) is 0 Å². The standard InChI is InChI=1S/C38H66N8O5S2/c39-37-43-29-25-52-31(35(29)45-37)17-11-9-15-27(47)13-5-1-3-7-19-33(49)41-21-23-51-24-22-42-34(50)20-8-4-2-6-14-28(48)16-10-12-18-32-36-30(26-53-32)44-38(40)46-36/h29-32,35-36H,1-26H2,(H,41,49)(H,42,50)(H3,39,43,45)(H3,40,44,46)/t29-,30-,31-,32-,35-,36-/m0/s1. The number of carbonyl (C=O) groups is 4. The molecule has 2 saturated heterocycles. The van der Waals surface area contributed by atoms with E-state index in [0.29, 0.717) is 123 Å². The van der Waals surface area contributed by atoms with Crippen LogP contribution in [0.15, 0.2) is 9.98 Å². The van der Waals surface area contributed by atoms with Crippen LogP contribution in [0, 0.1) is 0 Å². The molecule has 0 aromatic rings. The van der Waals surface area contributed by atoms with Crippen molar-refractivity contribution in [3.8, 4) is 0 Å². The van der Waals surface area contributed by atoms with Crippen molar-refractivity contribution in [2.75, 3.05) is 37.8 Å². The molecule has 4 rings (SSSR count). The third-order valence-corrected chi connectivity index (χ3v) is 13.5. The molecule has 6 atom stereocenters. The zero-order chi connectivity index (χ0) is 37.7. The molecule has 4 aliphatic heterocycles. The molecule has 53 heavy (non-hydrogen) atoms. The summed E-state index contributed by atoms with van der Waals surface area (Å²) in [4.78, 5) is 57.7. The smallest absolute Gasteiger partial charge is 0.220 e. The summed E-state index contributed by atoms with van der Waals surface area (Å²) in [6.07, 6.45) is 17.0. The molecule has 4 aliphatic rings. The van der Waals surface area contributed by atoms with E-state index in [1.165, 1.54) is 0 Å². The van der Waals surface area contributed by atoms with E-state index in [1.807, 2.05) is 23.5 Å². The number of ether oxygens (including phenoxy) is 1. The minimum absolute atomic E-state index is 0.0204. The lowest BCUT2D eigenvalue weighted by Crippen LogP contribution is -2.38. The second kappa shape index (κ2) is 24.8. The first-order valence-electron chi connectivity index (χ1n) is 20.4. The maximum absolute atomic E-state index is 12.3. The van der Waals surface area contributed by atoms with Gasteiger partial charge in [-0.05, 0) is 51.4 Å². The Balaban J connectivity index is 0.827. The topological polar surface area (TPSA) is 202 Å². The van der Waals surface area contributed by atoms with Gasteiger partial charge in [0.1, 0.15) is 11.6 Å². The Kier molecular flexibility index (Phi) is 20.2. The lowest BCUT2D eigenvalue weighted by molar-refractivity contribution is -0.122. The van der Waals surface area contributed by atoms with E-state index < -0.39 is 0 Å². The van der Waals surface area contributed by atoms with Gasteiger partial charge in [-0.3, -0.25) is 19.2 Å². The van der Waals surface area contributed by atoms with Crippen LogP contribution in [-0.4, -0.2) is 108 Å². The summed E-state index contributed by atoms with van der Waals surface area (Å²) in [5.41, 5.74) is 11.6. The number of aliphatic imine (C=N–C) groups is 2. The average Bonchev–Trinajstić information content (AvgIpc) is 3.89. The summed E-state index contributed by atoms with van der Waals surface area (Å²) in [5, 5.41) is 13.3. The van der Waals surface area contributed by atoms with E-state index in [0.717, 1.165) is 101 Å². The predicted molar refractivity (Wildman–Crippen MR) is 216 cm³/mol. The van der Waals surface area contributed by atoms with Crippen LogP contribution in [0.25, 0.3) is 0 Å². The second-order valence-corrected chi connectivity index (χ2v) is 17.5. The maximum atomic E-state index is 12.3. The molecule has 300 valence electrons. The van der Waals surface area contributed by atoms with Gasteiger partial charge in [-0.2, -0.15) is 23.5 Å². The molecular formula is C38H66N8O5S2. The summed E-state index contributed by atoms with van der Waals surface area (Å²) >= 11 is 3.94. The molecule has 2 fully saturated rings. The fourth-order valence-corrected chi connectivity index (χ4v) is 10.6. The molecule has 0 bridgehead atoms. The Morgan fingerprint density at radius 1 is 0.585 bits per heavy atom. The molecule has 0 aromatic carbocycles. The fraction of sp³-hybridized carbons (Fsp3) is 0.842. The first kappa shape index (κ1) is 43.2. The highest BCUT2D eigenvalue weighted by Crippen LogP contribution is 2.36. The van der Waals surface area contributed by atoms with Crippen molar-refractivity contribution in [1.29, 1.82) is 0 Å². The molecule has 4 heterocycles. The highest BCUT2D eigenvalue weighted by atomic mass is 32.2. The Bertz CT molecular complexity index is 1130. The number of fused-ring (bicyclic) bond motifs is 2. The Morgan fingerprint density at radius 2 is 0.962 bits per heavy atom. The Hall–Kier alpha value is -2.52. The van der Waals surface area contributed by atoms with Crippen molar-refractivity contribution >= 4 is 58.8 Å². The Morgan fingerprint density at radius 3 is 1.38 bits per heavy atom. The normalized spacial score (nSPS) is 24.2. The van der Waals surface area contributed by atoms with Crippen LogP contribution in [0.3, 0.4) is 0 Å². The van der Waals surface area contributed by atoms with Gasteiger partial charge in [0.2, 0.25) is 11.8 Å². The molecule has 0 aliphatic carbocycles. The van der Waals surface area contributed by atoms with E-state index >= 15 is 0 Å². The van der Waals surface area contributed by atoms with E-state index in [4.69, 9.17) is 16.2 Å². The predicted octanol–water partition coefficient (Wildman–Crippen LogP) is 3.72. The van der Waals surface area contributed by atoms with Gasteiger partial charge in [-0.15, -0.1) is 0 Å². The molecule has 0 aromatic heterocycles. The van der Waals surface area contributed by atoms with Gasteiger partial charge in [0.15, 0.2) is 11.9 Å². The number of hydrogen-bond acceptors (Lipinski definition) is 13. The number of carbonyl (C=O) groups excluding carboxylic acids is 4. The molecule has 0 unspecified atom stereocenters. The average molecular weight is 779 g/mol. The number of guanidine groups is 2. The third kappa shape index (κ3) is 16.8. The molecule has 2 amide bonds. The number of nitrogens with two attached hydrogens (primary N) is 2. The van der Waals surface area contributed by atoms with Gasteiger partial charge >= 0.3 is 0 Å². The van der Waals surface area contributed by atoms with Gasteiger partial charge < -0.3 is 37.5 Å². The lowest BCUT2D eigenvalue weighted by atomic mass is 10.0. The number of nitrogens with one attached hydrogen (secondary N) is 4. The van der Waals surface area contributed by atoms with Crippen molar-refractivity contribution in [1.82, 2.24) is 21.3 Å². The number of amides is 2. The molecule has 15 heteroatoms. The summed E-state index contributed by atoms with van der Waals surface area (Å²) in [6, 6.07) is 1.36. The number of hydrogen-bond donors (Lipinski definition) is 6. The van der Waals surface area contributed by atoms with E-state index in [1.54, 1.807) is 0 Å². The minimum Gasteiger partial charge on any atom is -0.378 e. The van der Waals surface area contributed by atoms with Crippen LogP contribution in [-0.2, 0) is 23.9 Å². The van der Waals surface area contributed by atoms with Crippen LogP contribution >= 0.6 is 23.5 Å². The lowest BCUT2D eigenvalue weighted by Gasteiger charge is -2.14. The van der Waals surface area contributed by atoms with Crippen LogP contribution in [0.1, 0.15) is 128 Å². The van der Waals surface area contributed by atoms with E-state index in [2.05, 4.69) is 31.3 Å². The van der Waals surface area contributed by atoms with Gasteiger partial charge in [0.25, 0.3) is 0 Å². The largest absolute Gasteiger partial charge is 0.378 e. The summed E-state index contributed by atoms with van der Waals surface area (Å²) in [7, 11) is 0. The van der Waals surface area contributed by atoms with Crippen molar-refractivity contribution in [2.24, 2.45) is 21.5 Å². The van der Waals surface area contributed by atoms with Crippen molar-refractivity contribution in [2.45, 2.75) is 163 Å². The zero-order valence-corrected chi connectivity index (χ0v) is 33.4. The van der Waals surface area contributed by atoms with Gasteiger partial charge in [-0.1, -0.05) is 38.5 Å². The van der Waals surface area contributed by atoms with Crippen molar-refractivity contribution < 1.29 is 23.9 Å². The molecule has 13 nitrogen and oxygen atoms in total.